The molecule has 0 saturated carbocycles. The second kappa shape index (κ2) is 5.17. The minimum absolute atomic E-state index is 0.263. The third kappa shape index (κ3) is 2.71. The third-order valence-electron chi connectivity index (χ3n) is 3.25. The van der Waals surface area contributed by atoms with Crippen LogP contribution in [0.2, 0.25) is 5.02 Å². The van der Waals surface area contributed by atoms with Gasteiger partial charge in [0, 0.05) is 11.8 Å². The Labute approximate surface area is 116 Å². The van der Waals surface area contributed by atoms with Gasteiger partial charge in [-0.05, 0) is 42.5 Å². The number of aryl methyl sites for hydroxylation is 1. The lowest BCUT2D eigenvalue weighted by Crippen LogP contribution is -2.00. The molecular formula is C15H13ClFNO. The standard InChI is InChI=1S/C15H13ClFNO/c16-13-8-15(18-14-6-2-5-12(13)14)19-9-10-3-1-4-11(17)7-10/h1,3-4,7-8H,2,5-6,9H2. The van der Waals surface area contributed by atoms with Crippen molar-refractivity contribution in [3.8, 4) is 5.88 Å². The molecule has 0 saturated heterocycles. The number of ether oxygens (including phenoxy) is 1. The van der Waals surface area contributed by atoms with Crippen molar-refractivity contribution in [2.24, 2.45) is 0 Å². The molecule has 1 heterocycles. The van der Waals surface area contributed by atoms with Crippen LogP contribution < -0.4 is 4.74 Å². The van der Waals surface area contributed by atoms with Crippen molar-refractivity contribution in [3.05, 3.63) is 58.0 Å². The molecule has 0 spiro atoms. The molecule has 0 unspecified atom stereocenters. The van der Waals surface area contributed by atoms with E-state index >= 15 is 0 Å². The topological polar surface area (TPSA) is 22.1 Å². The molecule has 3 rings (SSSR count). The number of rotatable bonds is 3. The van der Waals surface area contributed by atoms with Crippen LogP contribution in [0.4, 0.5) is 4.39 Å². The number of halogens is 2. The zero-order valence-electron chi connectivity index (χ0n) is 10.3. The SMILES string of the molecule is Fc1cccc(COc2cc(Cl)c3c(n2)CCC3)c1. The van der Waals surface area contributed by atoms with Crippen molar-refractivity contribution >= 4 is 11.6 Å². The summed E-state index contributed by atoms with van der Waals surface area (Å²) in [5.74, 6) is 0.246. The number of nitrogens with zero attached hydrogens (tertiary/aromatic N) is 1. The second-order valence-electron chi connectivity index (χ2n) is 4.64. The maximum absolute atomic E-state index is 13.0. The molecular weight excluding hydrogens is 265 g/mol. The van der Waals surface area contributed by atoms with Gasteiger partial charge in [0.1, 0.15) is 12.4 Å². The highest BCUT2D eigenvalue weighted by Crippen LogP contribution is 2.30. The molecule has 2 aromatic rings. The molecule has 0 radical (unpaired) electrons. The lowest BCUT2D eigenvalue weighted by molar-refractivity contribution is 0.292. The van der Waals surface area contributed by atoms with E-state index in [1.54, 1.807) is 12.1 Å². The van der Waals surface area contributed by atoms with E-state index in [9.17, 15) is 4.39 Å². The van der Waals surface area contributed by atoms with Crippen LogP contribution in [0, 0.1) is 5.82 Å². The van der Waals surface area contributed by atoms with Gasteiger partial charge < -0.3 is 4.74 Å². The van der Waals surface area contributed by atoms with Crippen LogP contribution in [0.25, 0.3) is 0 Å². The van der Waals surface area contributed by atoms with Crippen molar-refractivity contribution in [2.45, 2.75) is 25.9 Å². The molecule has 1 aromatic heterocycles. The number of aromatic nitrogens is 1. The van der Waals surface area contributed by atoms with E-state index in [2.05, 4.69) is 4.98 Å². The number of benzene rings is 1. The molecule has 4 heteroatoms. The monoisotopic (exact) mass is 277 g/mol. The lowest BCUT2D eigenvalue weighted by atomic mass is 10.2. The minimum atomic E-state index is -0.263. The van der Waals surface area contributed by atoms with Gasteiger partial charge >= 0.3 is 0 Å². The third-order valence-corrected chi connectivity index (χ3v) is 3.59. The van der Waals surface area contributed by atoms with E-state index in [0.29, 0.717) is 12.5 Å². The fraction of sp³-hybridized carbons (Fsp3) is 0.267. The number of pyridine rings is 1. The van der Waals surface area contributed by atoms with Gasteiger partial charge in [-0.1, -0.05) is 23.7 Å². The molecule has 0 fully saturated rings. The Morgan fingerprint density at radius 2 is 2.16 bits per heavy atom. The van der Waals surface area contributed by atoms with E-state index < -0.39 is 0 Å². The first-order chi connectivity index (χ1) is 9.22. The molecule has 0 N–H and O–H groups in total. The summed E-state index contributed by atoms with van der Waals surface area (Å²) in [5.41, 5.74) is 2.94. The second-order valence-corrected chi connectivity index (χ2v) is 5.05. The average Bonchev–Trinajstić information content (AvgIpc) is 2.85. The molecule has 0 bridgehead atoms. The molecule has 1 aliphatic carbocycles. The van der Waals surface area contributed by atoms with Crippen LogP contribution in [0.5, 0.6) is 5.88 Å². The zero-order valence-corrected chi connectivity index (χ0v) is 11.1. The highest BCUT2D eigenvalue weighted by molar-refractivity contribution is 6.31. The van der Waals surface area contributed by atoms with Gasteiger partial charge in [0.25, 0.3) is 0 Å². The van der Waals surface area contributed by atoms with Crippen molar-refractivity contribution in [3.63, 3.8) is 0 Å². The van der Waals surface area contributed by atoms with E-state index in [-0.39, 0.29) is 5.82 Å². The molecule has 0 atom stereocenters. The van der Waals surface area contributed by atoms with Crippen LogP contribution in [0.1, 0.15) is 23.2 Å². The number of hydrogen-bond donors (Lipinski definition) is 0. The Bertz CT molecular complexity index is 615. The summed E-state index contributed by atoms with van der Waals surface area (Å²) in [5, 5.41) is 0.719. The van der Waals surface area contributed by atoms with Crippen molar-refractivity contribution in [1.82, 2.24) is 4.98 Å². The van der Waals surface area contributed by atoms with E-state index in [4.69, 9.17) is 16.3 Å². The highest BCUT2D eigenvalue weighted by atomic mass is 35.5. The van der Waals surface area contributed by atoms with E-state index in [1.165, 1.54) is 12.1 Å². The molecule has 1 aliphatic rings. The Morgan fingerprint density at radius 1 is 1.26 bits per heavy atom. The predicted octanol–water partition coefficient (Wildman–Crippen LogP) is 3.94. The molecule has 1 aromatic carbocycles. The fourth-order valence-electron chi connectivity index (χ4n) is 2.33. The largest absolute Gasteiger partial charge is 0.473 e. The van der Waals surface area contributed by atoms with Gasteiger partial charge in [-0.15, -0.1) is 0 Å². The molecule has 0 aliphatic heterocycles. The summed E-state index contributed by atoms with van der Waals surface area (Å²) in [6, 6.07) is 8.09. The number of hydrogen-bond acceptors (Lipinski definition) is 2. The van der Waals surface area contributed by atoms with E-state index in [1.807, 2.05) is 6.07 Å². The summed E-state index contributed by atoms with van der Waals surface area (Å²) in [6.45, 7) is 0.292. The summed E-state index contributed by atoms with van der Waals surface area (Å²) in [4.78, 5) is 4.45. The van der Waals surface area contributed by atoms with Crippen LogP contribution in [-0.2, 0) is 19.4 Å². The van der Waals surface area contributed by atoms with Crippen LogP contribution in [0.3, 0.4) is 0 Å². The quantitative estimate of drug-likeness (QED) is 0.848. The maximum atomic E-state index is 13.0. The van der Waals surface area contributed by atoms with Crippen LogP contribution in [0.15, 0.2) is 30.3 Å². The molecule has 98 valence electrons. The maximum Gasteiger partial charge on any atom is 0.215 e. The van der Waals surface area contributed by atoms with Gasteiger partial charge in [0.15, 0.2) is 0 Å². The minimum Gasteiger partial charge on any atom is -0.473 e. The smallest absolute Gasteiger partial charge is 0.215 e. The first-order valence-electron chi connectivity index (χ1n) is 6.28. The van der Waals surface area contributed by atoms with Gasteiger partial charge in [0.2, 0.25) is 5.88 Å². The summed E-state index contributed by atoms with van der Waals surface area (Å²) in [7, 11) is 0. The van der Waals surface area contributed by atoms with Gasteiger partial charge in [0.05, 0.1) is 5.02 Å². The average molecular weight is 278 g/mol. The van der Waals surface area contributed by atoms with Crippen molar-refractivity contribution < 1.29 is 9.13 Å². The Balaban J connectivity index is 1.76. The van der Waals surface area contributed by atoms with Gasteiger partial charge in [-0.2, -0.15) is 0 Å². The predicted molar refractivity (Wildman–Crippen MR) is 72.0 cm³/mol. The molecule has 0 amide bonds. The zero-order chi connectivity index (χ0) is 13.2. The summed E-state index contributed by atoms with van der Waals surface area (Å²) in [6.07, 6.45) is 3.03. The van der Waals surface area contributed by atoms with Crippen LogP contribution >= 0.6 is 11.6 Å². The number of fused-ring (bicyclic) bond motifs is 1. The fourth-order valence-corrected chi connectivity index (χ4v) is 2.62. The first kappa shape index (κ1) is 12.4. The summed E-state index contributed by atoms with van der Waals surface area (Å²) >= 11 is 6.20. The Kier molecular flexibility index (Phi) is 3.38. The van der Waals surface area contributed by atoms with Gasteiger partial charge in [-0.25, -0.2) is 9.37 Å². The molecule has 19 heavy (non-hydrogen) atoms. The Hall–Kier alpha value is -1.61. The normalized spacial score (nSPS) is 13.4. The highest BCUT2D eigenvalue weighted by Gasteiger charge is 2.17. The Morgan fingerprint density at radius 3 is 3.00 bits per heavy atom. The van der Waals surface area contributed by atoms with Crippen molar-refractivity contribution in [1.29, 1.82) is 0 Å². The van der Waals surface area contributed by atoms with Crippen LogP contribution in [-0.4, -0.2) is 4.98 Å². The first-order valence-corrected chi connectivity index (χ1v) is 6.66. The summed E-state index contributed by atoms with van der Waals surface area (Å²) < 4.78 is 18.6. The van der Waals surface area contributed by atoms with E-state index in [0.717, 1.165) is 41.1 Å². The van der Waals surface area contributed by atoms with Gasteiger partial charge in [-0.3, -0.25) is 0 Å². The lowest BCUT2D eigenvalue weighted by Gasteiger charge is -2.08. The van der Waals surface area contributed by atoms with Crippen molar-refractivity contribution in [2.75, 3.05) is 0 Å². The molecule has 2 nitrogen and oxygen atoms in total.